The quantitative estimate of drug-likeness (QED) is 0.538. The van der Waals surface area contributed by atoms with Crippen molar-refractivity contribution >= 4 is 22.8 Å². The lowest BCUT2D eigenvalue weighted by molar-refractivity contribution is 0.102. The first kappa shape index (κ1) is 18.0. The first-order valence-corrected chi connectivity index (χ1v) is 9.44. The third-order valence-electron chi connectivity index (χ3n) is 5.04. The number of hydrogen-bond donors (Lipinski definition) is 1. The van der Waals surface area contributed by atoms with Crippen LogP contribution < -0.4 is 20.2 Å². The molecule has 0 spiro atoms. The lowest BCUT2D eigenvalue weighted by Crippen LogP contribution is -2.16. The number of benzene rings is 3. The molecule has 4 aromatic rings. The number of hydrogen-bond acceptors (Lipinski definition) is 5. The van der Waals surface area contributed by atoms with Crippen LogP contribution in [0.3, 0.4) is 0 Å². The number of para-hydroxylation sites is 1. The van der Waals surface area contributed by atoms with Gasteiger partial charge in [0.15, 0.2) is 11.5 Å². The Morgan fingerprint density at radius 2 is 1.73 bits per heavy atom. The fraction of sp³-hybridized carbons (Fsp3) is 0.0833. The van der Waals surface area contributed by atoms with Gasteiger partial charge >= 0.3 is 0 Å². The molecule has 0 atom stereocenters. The minimum Gasteiger partial charge on any atom is -0.454 e. The molecule has 30 heavy (non-hydrogen) atoms. The van der Waals surface area contributed by atoms with Crippen molar-refractivity contribution in [1.82, 2.24) is 0 Å². The summed E-state index contributed by atoms with van der Waals surface area (Å²) in [6.07, 6.45) is 0. The Morgan fingerprint density at radius 1 is 0.933 bits per heavy atom. The van der Waals surface area contributed by atoms with Gasteiger partial charge in [0.05, 0.1) is 10.9 Å². The summed E-state index contributed by atoms with van der Waals surface area (Å²) >= 11 is 0. The molecule has 6 nitrogen and oxygen atoms in total. The molecule has 3 aromatic carbocycles. The minimum atomic E-state index is -0.367. The number of ether oxygens (including phenoxy) is 2. The molecule has 0 unspecified atom stereocenters. The summed E-state index contributed by atoms with van der Waals surface area (Å²) in [6, 6.07) is 19.3. The van der Waals surface area contributed by atoms with Crippen LogP contribution in [0.15, 0.2) is 75.9 Å². The fourth-order valence-corrected chi connectivity index (χ4v) is 3.52. The molecular weight excluding hydrogens is 382 g/mol. The highest BCUT2D eigenvalue weighted by atomic mass is 16.7. The molecule has 1 aromatic heterocycles. The third kappa shape index (κ3) is 2.99. The van der Waals surface area contributed by atoms with Crippen LogP contribution in [0, 0.1) is 6.92 Å². The van der Waals surface area contributed by atoms with Gasteiger partial charge in [-0.2, -0.15) is 0 Å². The van der Waals surface area contributed by atoms with E-state index in [1.165, 1.54) is 0 Å². The van der Waals surface area contributed by atoms with E-state index in [9.17, 15) is 9.59 Å². The average Bonchev–Trinajstić information content (AvgIpc) is 3.23. The lowest BCUT2D eigenvalue weighted by atomic mass is 10.0. The summed E-state index contributed by atoms with van der Waals surface area (Å²) in [5.41, 5.74) is 2.30. The predicted molar refractivity (Wildman–Crippen MR) is 113 cm³/mol. The van der Waals surface area contributed by atoms with Crippen LogP contribution in [0.1, 0.15) is 15.9 Å². The lowest BCUT2D eigenvalue weighted by Gasteiger charge is -2.13. The van der Waals surface area contributed by atoms with Crippen molar-refractivity contribution in [2.24, 2.45) is 0 Å². The van der Waals surface area contributed by atoms with Gasteiger partial charge in [-0.1, -0.05) is 36.4 Å². The molecule has 0 radical (unpaired) electrons. The van der Waals surface area contributed by atoms with E-state index >= 15 is 0 Å². The molecule has 0 fully saturated rings. The monoisotopic (exact) mass is 399 g/mol. The number of nitrogens with one attached hydrogen (secondary N) is 1. The number of carbonyl (C=O) groups excluding carboxylic acids is 1. The van der Waals surface area contributed by atoms with E-state index < -0.39 is 0 Å². The van der Waals surface area contributed by atoms with Crippen molar-refractivity contribution < 1.29 is 18.7 Å². The molecule has 1 N–H and O–H groups in total. The van der Waals surface area contributed by atoms with Crippen LogP contribution in [-0.2, 0) is 0 Å². The molecule has 0 bridgehead atoms. The van der Waals surface area contributed by atoms with Gasteiger partial charge in [0.1, 0.15) is 5.58 Å². The van der Waals surface area contributed by atoms with Crippen molar-refractivity contribution in [3.63, 3.8) is 0 Å². The van der Waals surface area contributed by atoms with E-state index in [0.717, 1.165) is 5.56 Å². The molecule has 2 heterocycles. The highest BCUT2D eigenvalue weighted by Gasteiger charge is 2.22. The number of amides is 1. The predicted octanol–water partition coefficient (Wildman–Crippen LogP) is 4.75. The topological polar surface area (TPSA) is 77.8 Å². The van der Waals surface area contributed by atoms with Gasteiger partial charge in [-0.05, 0) is 48.4 Å². The second-order valence-corrected chi connectivity index (χ2v) is 6.98. The van der Waals surface area contributed by atoms with E-state index in [4.69, 9.17) is 13.9 Å². The average molecular weight is 399 g/mol. The molecule has 1 aliphatic rings. The summed E-state index contributed by atoms with van der Waals surface area (Å²) < 4.78 is 16.9. The van der Waals surface area contributed by atoms with Crippen LogP contribution in [0.2, 0.25) is 0 Å². The van der Waals surface area contributed by atoms with E-state index in [1.54, 1.807) is 54.6 Å². The Hall–Kier alpha value is -4.06. The highest BCUT2D eigenvalue weighted by Crippen LogP contribution is 2.38. The van der Waals surface area contributed by atoms with Crippen LogP contribution >= 0.6 is 0 Å². The van der Waals surface area contributed by atoms with Crippen LogP contribution in [0.4, 0.5) is 5.88 Å². The smallest absolute Gasteiger partial charge is 0.257 e. The Morgan fingerprint density at radius 3 is 2.57 bits per heavy atom. The van der Waals surface area contributed by atoms with Crippen LogP contribution in [0.5, 0.6) is 11.5 Å². The summed E-state index contributed by atoms with van der Waals surface area (Å²) in [4.78, 5) is 26.2. The first-order chi connectivity index (χ1) is 14.6. The second-order valence-electron chi connectivity index (χ2n) is 6.98. The van der Waals surface area contributed by atoms with Crippen molar-refractivity contribution in [3.8, 4) is 22.6 Å². The van der Waals surface area contributed by atoms with E-state index in [2.05, 4.69) is 5.32 Å². The molecule has 0 aliphatic carbocycles. The van der Waals surface area contributed by atoms with Gasteiger partial charge in [-0.25, -0.2) is 0 Å². The number of anilines is 1. The molecular formula is C24H17NO5. The highest BCUT2D eigenvalue weighted by molar-refractivity contribution is 6.06. The maximum atomic E-state index is 13.4. The van der Waals surface area contributed by atoms with Gasteiger partial charge in [0.25, 0.3) is 5.91 Å². The third-order valence-corrected chi connectivity index (χ3v) is 5.04. The Kier molecular flexibility index (Phi) is 4.25. The molecule has 5 rings (SSSR count). The molecule has 6 heteroatoms. The molecule has 148 valence electrons. The standard InChI is InChI=1S/C24H17NO5/c1-14-6-5-9-17-21(26)20(16-10-11-18-19(12-16)29-13-28-18)24(30-22(14)17)25-23(27)15-7-3-2-4-8-15/h2-12H,13H2,1H3,(H,25,27). The summed E-state index contributed by atoms with van der Waals surface area (Å²) in [6.45, 7) is 1.98. The van der Waals surface area contributed by atoms with Gasteiger partial charge in [-0.3, -0.25) is 14.9 Å². The molecule has 1 aliphatic heterocycles. The minimum absolute atomic E-state index is 0.0921. The number of aryl methyl sites for hydroxylation is 1. The Balaban J connectivity index is 1.71. The van der Waals surface area contributed by atoms with Crippen molar-refractivity contribution in [3.05, 3.63) is 88.1 Å². The van der Waals surface area contributed by atoms with Crippen molar-refractivity contribution in [2.45, 2.75) is 6.92 Å². The van der Waals surface area contributed by atoms with Crippen molar-refractivity contribution in [1.29, 1.82) is 0 Å². The molecule has 0 saturated heterocycles. The van der Waals surface area contributed by atoms with Gasteiger partial charge < -0.3 is 13.9 Å². The first-order valence-electron chi connectivity index (χ1n) is 9.44. The van der Waals surface area contributed by atoms with E-state index in [-0.39, 0.29) is 29.6 Å². The number of fused-ring (bicyclic) bond motifs is 2. The SMILES string of the molecule is Cc1cccc2c(=O)c(-c3ccc4c(c3)OCO4)c(NC(=O)c3ccccc3)oc12. The molecule has 0 saturated carbocycles. The largest absolute Gasteiger partial charge is 0.454 e. The van der Waals surface area contributed by atoms with Gasteiger partial charge in [-0.15, -0.1) is 0 Å². The fourth-order valence-electron chi connectivity index (χ4n) is 3.52. The Bertz CT molecular complexity index is 1340. The second kappa shape index (κ2) is 7.08. The normalized spacial score (nSPS) is 12.2. The molecule has 1 amide bonds. The van der Waals surface area contributed by atoms with E-state index in [1.807, 2.05) is 19.1 Å². The number of carbonyl (C=O) groups is 1. The van der Waals surface area contributed by atoms with E-state index in [0.29, 0.717) is 33.6 Å². The van der Waals surface area contributed by atoms with Crippen LogP contribution in [-0.4, -0.2) is 12.7 Å². The van der Waals surface area contributed by atoms with Crippen molar-refractivity contribution in [2.75, 3.05) is 12.1 Å². The van der Waals surface area contributed by atoms with Crippen LogP contribution in [0.25, 0.3) is 22.1 Å². The zero-order valence-corrected chi connectivity index (χ0v) is 16.1. The number of rotatable bonds is 3. The Labute approximate surface area is 171 Å². The summed E-state index contributed by atoms with van der Waals surface area (Å²) in [5.74, 6) is 0.870. The zero-order valence-electron chi connectivity index (χ0n) is 16.1. The summed E-state index contributed by atoms with van der Waals surface area (Å²) in [7, 11) is 0. The zero-order chi connectivity index (χ0) is 20.7. The summed E-state index contributed by atoms with van der Waals surface area (Å²) in [5, 5.41) is 3.22. The van der Waals surface area contributed by atoms with Gasteiger partial charge in [0, 0.05) is 5.56 Å². The maximum absolute atomic E-state index is 13.4. The van der Waals surface area contributed by atoms with Gasteiger partial charge in [0.2, 0.25) is 18.1 Å². The maximum Gasteiger partial charge on any atom is 0.257 e.